The van der Waals surface area contributed by atoms with Crippen LogP contribution in [0.5, 0.6) is 17.5 Å². The summed E-state index contributed by atoms with van der Waals surface area (Å²) in [6, 6.07) is 9.51. The number of hydrogen-bond acceptors (Lipinski definition) is 16. The highest BCUT2D eigenvalue weighted by molar-refractivity contribution is 7.16. The number of carbonyl (C=O) groups excluding carboxylic acids is 2. The summed E-state index contributed by atoms with van der Waals surface area (Å²) in [6.07, 6.45) is 17.1. The number of ether oxygens (including phenoxy) is 2. The number of benzene rings is 1. The van der Waals surface area contributed by atoms with Gasteiger partial charge >= 0.3 is 5.69 Å². The van der Waals surface area contributed by atoms with Crippen LogP contribution >= 0.6 is 11.3 Å². The first-order chi connectivity index (χ1) is 33.5. The topological polar surface area (TPSA) is 225 Å². The molecule has 8 heterocycles. The molecule has 12 rings (SSSR count). The molecule has 2 atom stereocenters. The molecule has 5 aromatic heterocycles. The van der Waals surface area contributed by atoms with Gasteiger partial charge in [0.15, 0.2) is 23.0 Å². The minimum atomic E-state index is -0.699. The lowest BCUT2D eigenvalue weighted by Crippen LogP contribution is -2.48. The van der Waals surface area contributed by atoms with Gasteiger partial charge in [-0.2, -0.15) is 15.2 Å². The van der Waals surface area contributed by atoms with Crippen molar-refractivity contribution in [1.82, 2.24) is 44.4 Å². The zero-order valence-electron chi connectivity index (χ0n) is 38.7. The molecule has 4 fully saturated rings. The highest BCUT2D eigenvalue weighted by Gasteiger charge is 2.50. The molecule has 3 saturated heterocycles. The maximum Gasteiger partial charge on any atom is 0.329 e. The normalized spacial score (nSPS) is 22.8. The third-order valence-electron chi connectivity index (χ3n) is 16.3. The Morgan fingerprint density at radius 1 is 0.928 bits per heavy atom. The molecule has 0 bridgehead atoms. The molecular weight excluding hydrogens is 897 g/mol. The van der Waals surface area contributed by atoms with Crippen molar-refractivity contribution in [3.63, 3.8) is 0 Å². The molecule has 356 valence electrons. The number of nitrogen functional groups attached to an aromatic ring is 1. The van der Waals surface area contributed by atoms with E-state index in [1.54, 1.807) is 34.6 Å². The zero-order chi connectivity index (χ0) is 47.1. The summed E-state index contributed by atoms with van der Waals surface area (Å²) in [7, 11) is 1.75. The molecule has 0 radical (unpaired) electrons. The van der Waals surface area contributed by atoms with Crippen LogP contribution in [-0.2, 0) is 34.9 Å². The summed E-state index contributed by atoms with van der Waals surface area (Å²) >= 11 is 1.52. The Kier molecular flexibility index (Phi) is 10.6. The molecule has 1 unspecified atom stereocenters. The molecule has 2 amide bonds. The number of fused-ring (bicyclic) bond motifs is 5. The van der Waals surface area contributed by atoms with Crippen LogP contribution in [0.2, 0.25) is 0 Å². The second-order valence-electron chi connectivity index (χ2n) is 20.3. The van der Waals surface area contributed by atoms with E-state index in [9.17, 15) is 19.6 Å². The molecule has 19 heteroatoms. The van der Waals surface area contributed by atoms with E-state index in [0.717, 1.165) is 143 Å². The van der Waals surface area contributed by atoms with Gasteiger partial charge in [-0.25, -0.2) is 14.8 Å². The molecule has 1 saturated carbocycles. The van der Waals surface area contributed by atoms with Crippen LogP contribution in [0.3, 0.4) is 0 Å². The van der Waals surface area contributed by atoms with Crippen molar-refractivity contribution in [2.45, 2.75) is 101 Å². The minimum Gasteiger partial charge on any atom is -0.477 e. The van der Waals surface area contributed by atoms with Crippen molar-refractivity contribution < 1.29 is 23.6 Å². The standard InChI is InChI=1S/C50H54N12O6S/c1-59-36-22-30(6-7-34(36)62(47(59)65)35-8-9-38(63)55-46(35)64)61-20-16-48(17-21-61)14-18-60(19-15-48)27-49(12-13-49)28-66-39-23-40(67-31-25-53-29-54-26-31)57-45(56-39)42-32-4-2-10-50(43(32)68-58-42)11-3-5-37-41(50)33(24-51)44(52)69-37/h6-7,22-23,25-26,29,35H,2-5,8-21,27-28,52H2,1H3,(H,55,63,64)/t35?,50-/m0/s1. The van der Waals surface area contributed by atoms with Crippen LogP contribution in [0.4, 0.5) is 10.7 Å². The van der Waals surface area contributed by atoms with E-state index in [4.69, 9.17) is 29.7 Å². The second-order valence-corrected chi connectivity index (χ2v) is 21.5. The Hall–Kier alpha value is -6.65. The lowest BCUT2D eigenvalue weighted by molar-refractivity contribution is -0.135. The molecule has 69 heavy (non-hydrogen) atoms. The van der Waals surface area contributed by atoms with Crippen LogP contribution in [-0.4, -0.2) is 90.3 Å². The third kappa shape index (κ3) is 7.62. The van der Waals surface area contributed by atoms with Crippen molar-refractivity contribution in [2.24, 2.45) is 17.9 Å². The van der Waals surface area contributed by atoms with Crippen molar-refractivity contribution in [2.75, 3.05) is 50.0 Å². The number of likely N-dealkylation sites (tertiary alicyclic amines) is 1. The number of rotatable bonds is 10. The van der Waals surface area contributed by atoms with E-state index < -0.39 is 17.4 Å². The predicted octanol–water partition coefficient (Wildman–Crippen LogP) is 6.36. The zero-order valence-corrected chi connectivity index (χ0v) is 39.5. The predicted molar refractivity (Wildman–Crippen MR) is 255 cm³/mol. The maximum absolute atomic E-state index is 13.4. The van der Waals surface area contributed by atoms with Crippen LogP contribution < -0.4 is 31.1 Å². The summed E-state index contributed by atoms with van der Waals surface area (Å²) in [5.41, 5.74) is 11.7. The summed E-state index contributed by atoms with van der Waals surface area (Å²) < 4.78 is 22.3. The molecular formula is C50H54N12O6S. The number of piperidine rings is 3. The third-order valence-corrected chi connectivity index (χ3v) is 17.3. The Balaban J connectivity index is 0.714. The number of hydrogen-bond donors (Lipinski definition) is 2. The van der Waals surface area contributed by atoms with Gasteiger partial charge in [-0.1, -0.05) is 5.16 Å². The molecule has 2 spiro atoms. The molecule has 6 aromatic rings. The van der Waals surface area contributed by atoms with Crippen LogP contribution in [0.25, 0.3) is 22.6 Å². The van der Waals surface area contributed by atoms with Gasteiger partial charge in [0.1, 0.15) is 23.4 Å². The van der Waals surface area contributed by atoms with Gasteiger partial charge < -0.3 is 29.5 Å². The van der Waals surface area contributed by atoms with Gasteiger partial charge in [0.2, 0.25) is 23.6 Å². The quantitative estimate of drug-likeness (QED) is 0.143. The number of amides is 2. The van der Waals surface area contributed by atoms with Crippen molar-refractivity contribution >= 4 is 44.9 Å². The van der Waals surface area contributed by atoms with Crippen molar-refractivity contribution in [3.05, 3.63) is 80.8 Å². The highest BCUT2D eigenvalue weighted by Crippen LogP contribution is 2.55. The van der Waals surface area contributed by atoms with E-state index in [2.05, 4.69) is 48.4 Å². The average Bonchev–Trinajstić information content (AvgIpc) is 3.70. The molecule has 18 nitrogen and oxygen atoms in total. The van der Waals surface area contributed by atoms with E-state index in [1.807, 2.05) is 6.07 Å². The largest absolute Gasteiger partial charge is 0.477 e. The SMILES string of the molecule is Cn1c(=O)n(C2CCC(=O)NC2=O)c2ccc(N3CCC4(CCN(CC5(COc6cc(Oc7cncnc7)nc(-c7noc8c7CCC[C@@]87CCCc8sc(N)c(C#N)c87)n6)CC5)CC4)CC3)cc21. The van der Waals surface area contributed by atoms with Crippen molar-refractivity contribution in [1.29, 1.82) is 5.26 Å². The number of aryl methyl sites for hydroxylation is 2. The first kappa shape index (κ1) is 43.6. The second kappa shape index (κ2) is 16.8. The molecule has 6 aliphatic rings. The number of aromatic nitrogens is 7. The first-order valence-electron chi connectivity index (χ1n) is 24.3. The van der Waals surface area contributed by atoms with Crippen LogP contribution in [0.1, 0.15) is 110 Å². The minimum absolute atomic E-state index is 0.0299. The van der Waals surface area contributed by atoms with E-state index >= 15 is 0 Å². The lowest BCUT2D eigenvalue weighted by atomic mass is 9.63. The van der Waals surface area contributed by atoms with Crippen molar-refractivity contribution in [3.8, 4) is 35.1 Å². The average molecular weight is 951 g/mol. The number of imidazole rings is 1. The first-order valence-corrected chi connectivity index (χ1v) is 25.1. The summed E-state index contributed by atoms with van der Waals surface area (Å²) in [4.78, 5) is 62.1. The number of nitriles is 1. The lowest BCUT2D eigenvalue weighted by Gasteiger charge is -2.48. The Bertz CT molecular complexity index is 3110. The van der Waals surface area contributed by atoms with Crippen LogP contribution in [0.15, 0.2) is 52.3 Å². The summed E-state index contributed by atoms with van der Waals surface area (Å²) in [5.74, 6) is 1.54. The number of nitrogens with two attached hydrogens (primary N) is 1. The molecule has 1 aromatic carbocycles. The smallest absolute Gasteiger partial charge is 0.329 e. The fraction of sp³-hybridized carbons (Fsp3) is 0.500. The summed E-state index contributed by atoms with van der Waals surface area (Å²) in [5, 5.41) is 17.8. The summed E-state index contributed by atoms with van der Waals surface area (Å²) in [6.45, 7) is 5.46. The number of carbonyl (C=O) groups is 2. The van der Waals surface area contributed by atoms with E-state index in [0.29, 0.717) is 57.7 Å². The van der Waals surface area contributed by atoms with Gasteiger partial charge in [-0.15, -0.1) is 11.3 Å². The number of nitrogens with zero attached hydrogens (tertiary/aromatic N) is 10. The maximum atomic E-state index is 13.4. The van der Waals surface area contributed by atoms with Gasteiger partial charge in [0.05, 0.1) is 47.1 Å². The van der Waals surface area contributed by atoms with E-state index in [1.165, 1.54) is 17.7 Å². The fourth-order valence-corrected chi connectivity index (χ4v) is 13.4. The molecule has 3 aliphatic heterocycles. The van der Waals surface area contributed by atoms with Gasteiger partial charge in [0.25, 0.3) is 0 Å². The van der Waals surface area contributed by atoms with Crippen LogP contribution in [0, 0.1) is 22.2 Å². The van der Waals surface area contributed by atoms with Gasteiger partial charge in [0, 0.05) is 54.6 Å². The Morgan fingerprint density at radius 2 is 1.68 bits per heavy atom. The Morgan fingerprint density at radius 3 is 2.43 bits per heavy atom. The number of imide groups is 1. The molecule has 3 N–H and O–H groups in total. The van der Waals surface area contributed by atoms with Gasteiger partial charge in [-0.05, 0) is 126 Å². The monoisotopic (exact) mass is 950 g/mol. The Labute approximate surface area is 401 Å². The number of nitrogens with one attached hydrogen (secondary N) is 1. The fourth-order valence-electron chi connectivity index (χ4n) is 12.2. The number of thiophene rings is 1. The molecule has 3 aliphatic carbocycles. The highest BCUT2D eigenvalue weighted by atomic mass is 32.1. The number of anilines is 2. The van der Waals surface area contributed by atoms with E-state index in [-0.39, 0.29) is 29.3 Å². The van der Waals surface area contributed by atoms with Gasteiger partial charge in [-0.3, -0.25) is 24.0 Å².